The van der Waals surface area contributed by atoms with Crippen molar-refractivity contribution in [2.24, 2.45) is 5.92 Å². The Morgan fingerprint density at radius 1 is 1.20 bits per heavy atom. The predicted octanol–water partition coefficient (Wildman–Crippen LogP) is 3.29. The molecule has 1 aliphatic carbocycles. The number of hydrogen-bond donors (Lipinski definition) is 1. The summed E-state index contributed by atoms with van der Waals surface area (Å²) in [6.45, 7) is 3.63. The van der Waals surface area contributed by atoms with Gasteiger partial charge >= 0.3 is 0 Å². The van der Waals surface area contributed by atoms with Gasteiger partial charge < -0.3 is 10.1 Å². The van der Waals surface area contributed by atoms with Crippen molar-refractivity contribution in [3.63, 3.8) is 0 Å². The number of ether oxygens (including phenoxy) is 1. The van der Waals surface area contributed by atoms with Gasteiger partial charge in [-0.2, -0.15) is 0 Å². The van der Waals surface area contributed by atoms with Gasteiger partial charge in [0, 0.05) is 26.1 Å². The van der Waals surface area contributed by atoms with E-state index in [0.717, 1.165) is 31.0 Å². The number of hydrogen-bond acceptors (Lipinski definition) is 3. The molecule has 5 heteroatoms. The Hall–Kier alpha value is -1.46. The highest BCUT2D eigenvalue weighted by Crippen LogP contribution is 2.28. The average molecular weight is 348 g/mol. The maximum Gasteiger partial charge on any atom is 0.220 e. The highest BCUT2D eigenvalue weighted by Gasteiger charge is 2.23. The second-order valence-electron chi connectivity index (χ2n) is 7.21. The minimum Gasteiger partial charge on any atom is -0.379 e. The van der Waals surface area contributed by atoms with E-state index >= 15 is 0 Å². The number of morpholine rings is 1. The topological polar surface area (TPSA) is 41.6 Å². The van der Waals surface area contributed by atoms with E-state index in [1.54, 1.807) is 0 Å². The van der Waals surface area contributed by atoms with Crippen LogP contribution < -0.4 is 5.32 Å². The van der Waals surface area contributed by atoms with E-state index < -0.39 is 0 Å². The standard InChI is InChI=1S/C20H29FN2O2/c21-18-8-6-17(7-9-18)19(23-11-13-25-14-12-23)15-22-20(24)10-5-16-3-1-2-4-16/h6-9,16,19H,1-5,10-15H2,(H,22,24). The highest BCUT2D eigenvalue weighted by molar-refractivity contribution is 5.75. The molecule has 1 N–H and O–H groups in total. The Labute approximate surface area is 149 Å². The summed E-state index contributed by atoms with van der Waals surface area (Å²) in [6.07, 6.45) is 6.80. The Bertz CT molecular complexity index is 537. The number of benzene rings is 1. The number of carbonyl (C=O) groups excluding carboxylic acids is 1. The molecule has 2 aliphatic rings. The van der Waals surface area contributed by atoms with Gasteiger partial charge in [-0.15, -0.1) is 0 Å². The van der Waals surface area contributed by atoms with Crippen molar-refractivity contribution in [3.05, 3.63) is 35.6 Å². The summed E-state index contributed by atoms with van der Waals surface area (Å²) in [5.41, 5.74) is 1.04. The van der Waals surface area contributed by atoms with Crippen LogP contribution >= 0.6 is 0 Å². The highest BCUT2D eigenvalue weighted by atomic mass is 19.1. The lowest BCUT2D eigenvalue weighted by molar-refractivity contribution is -0.121. The van der Waals surface area contributed by atoms with Crippen molar-refractivity contribution in [1.29, 1.82) is 0 Å². The molecule has 1 heterocycles. The molecular formula is C20H29FN2O2. The smallest absolute Gasteiger partial charge is 0.220 e. The lowest BCUT2D eigenvalue weighted by atomic mass is 10.0. The third-order valence-corrected chi connectivity index (χ3v) is 5.49. The first kappa shape index (κ1) is 18.3. The molecular weight excluding hydrogens is 319 g/mol. The lowest BCUT2D eigenvalue weighted by Gasteiger charge is -2.35. The first-order chi connectivity index (χ1) is 12.2. The number of carbonyl (C=O) groups is 1. The van der Waals surface area contributed by atoms with Crippen molar-refractivity contribution in [1.82, 2.24) is 10.2 Å². The number of nitrogens with zero attached hydrogens (tertiary/aromatic N) is 1. The summed E-state index contributed by atoms with van der Waals surface area (Å²) in [4.78, 5) is 14.6. The Balaban J connectivity index is 1.55. The van der Waals surface area contributed by atoms with E-state index in [2.05, 4.69) is 10.2 Å². The van der Waals surface area contributed by atoms with E-state index in [0.29, 0.717) is 26.2 Å². The molecule has 1 aromatic rings. The third kappa shape index (κ3) is 5.51. The summed E-state index contributed by atoms with van der Waals surface area (Å²) in [6, 6.07) is 6.69. The number of amides is 1. The summed E-state index contributed by atoms with van der Waals surface area (Å²) in [5, 5.41) is 3.10. The maximum atomic E-state index is 13.3. The average Bonchev–Trinajstić information content (AvgIpc) is 3.16. The Kier molecular flexibility index (Phi) is 6.82. The minimum atomic E-state index is -0.231. The molecule has 0 aromatic heterocycles. The van der Waals surface area contributed by atoms with Crippen molar-refractivity contribution < 1.29 is 13.9 Å². The van der Waals surface area contributed by atoms with Crippen LogP contribution in [0, 0.1) is 11.7 Å². The third-order valence-electron chi connectivity index (χ3n) is 5.49. The maximum absolute atomic E-state index is 13.3. The van der Waals surface area contributed by atoms with Gasteiger partial charge in [-0.3, -0.25) is 9.69 Å². The molecule has 0 spiro atoms. The molecule has 1 unspecified atom stereocenters. The van der Waals surface area contributed by atoms with Crippen LogP contribution in [0.2, 0.25) is 0 Å². The molecule has 1 atom stereocenters. The van der Waals surface area contributed by atoms with Gasteiger partial charge in [-0.1, -0.05) is 37.8 Å². The summed E-state index contributed by atoms with van der Waals surface area (Å²) in [7, 11) is 0. The van der Waals surface area contributed by atoms with Crippen LogP contribution in [0.1, 0.15) is 50.1 Å². The zero-order valence-electron chi connectivity index (χ0n) is 14.9. The quantitative estimate of drug-likeness (QED) is 0.822. The summed E-state index contributed by atoms with van der Waals surface area (Å²) < 4.78 is 18.7. The van der Waals surface area contributed by atoms with Crippen LogP contribution in [0.5, 0.6) is 0 Å². The molecule has 0 bridgehead atoms. The van der Waals surface area contributed by atoms with Crippen molar-refractivity contribution in [3.8, 4) is 0 Å². The van der Waals surface area contributed by atoms with E-state index in [4.69, 9.17) is 4.74 Å². The zero-order chi connectivity index (χ0) is 17.5. The van der Waals surface area contributed by atoms with Gasteiger partial charge in [0.25, 0.3) is 0 Å². The zero-order valence-corrected chi connectivity index (χ0v) is 14.9. The first-order valence-electron chi connectivity index (χ1n) is 9.56. The van der Waals surface area contributed by atoms with E-state index in [9.17, 15) is 9.18 Å². The second kappa shape index (κ2) is 9.30. The summed E-state index contributed by atoms with van der Waals surface area (Å²) in [5.74, 6) is 0.634. The SMILES string of the molecule is O=C(CCC1CCCC1)NCC(c1ccc(F)cc1)N1CCOCC1. The predicted molar refractivity (Wildman–Crippen MR) is 95.7 cm³/mol. The largest absolute Gasteiger partial charge is 0.379 e. The number of halogens is 1. The monoisotopic (exact) mass is 348 g/mol. The second-order valence-corrected chi connectivity index (χ2v) is 7.21. The Morgan fingerprint density at radius 2 is 1.88 bits per heavy atom. The molecule has 1 saturated heterocycles. The summed E-state index contributed by atoms with van der Waals surface area (Å²) >= 11 is 0. The molecule has 4 nitrogen and oxygen atoms in total. The molecule has 1 saturated carbocycles. The molecule has 0 radical (unpaired) electrons. The van der Waals surface area contributed by atoms with Gasteiger partial charge in [-0.25, -0.2) is 4.39 Å². The molecule has 138 valence electrons. The molecule has 1 amide bonds. The van der Waals surface area contributed by atoms with Crippen LogP contribution in [-0.2, 0) is 9.53 Å². The van der Waals surface area contributed by atoms with Crippen LogP contribution in [0.3, 0.4) is 0 Å². The number of rotatable bonds is 7. The van der Waals surface area contributed by atoms with Crippen molar-refractivity contribution >= 4 is 5.91 Å². The van der Waals surface area contributed by atoms with E-state index in [1.807, 2.05) is 12.1 Å². The molecule has 1 aromatic carbocycles. The van der Waals surface area contributed by atoms with Crippen LogP contribution in [0.25, 0.3) is 0 Å². The van der Waals surface area contributed by atoms with Gasteiger partial charge in [0.1, 0.15) is 5.82 Å². The van der Waals surface area contributed by atoms with Crippen LogP contribution in [0.4, 0.5) is 4.39 Å². The molecule has 25 heavy (non-hydrogen) atoms. The Morgan fingerprint density at radius 3 is 2.56 bits per heavy atom. The van der Waals surface area contributed by atoms with Gasteiger partial charge in [0.2, 0.25) is 5.91 Å². The first-order valence-corrected chi connectivity index (χ1v) is 9.56. The lowest BCUT2D eigenvalue weighted by Crippen LogP contribution is -2.43. The fourth-order valence-corrected chi connectivity index (χ4v) is 3.97. The fourth-order valence-electron chi connectivity index (χ4n) is 3.97. The van der Waals surface area contributed by atoms with Crippen LogP contribution in [0.15, 0.2) is 24.3 Å². The fraction of sp³-hybridized carbons (Fsp3) is 0.650. The van der Waals surface area contributed by atoms with Gasteiger partial charge in [-0.05, 0) is 30.0 Å². The van der Waals surface area contributed by atoms with E-state index in [1.165, 1.54) is 37.8 Å². The van der Waals surface area contributed by atoms with E-state index in [-0.39, 0.29) is 17.8 Å². The van der Waals surface area contributed by atoms with Gasteiger partial charge in [0.05, 0.1) is 19.3 Å². The molecule has 2 fully saturated rings. The minimum absolute atomic E-state index is 0.0694. The normalized spacial score (nSPS) is 20.5. The van der Waals surface area contributed by atoms with Crippen molar-refractivity contribution in [2.75, 3.05) is 32.8 Å². The molecule has 1 aliphatic heterocycles. The van der Waals surface area contributed by atoms with Crippen LogP contribution in [-0.4, -0.2) is 43.7 Å². The number of nitrogens with one attached hydrogen (secondary N) is 1. The van der Waals surface area contributed by atoms with Crippen molar-refractivity contribution in [2.45, 2.75) is 44.6 Å². The van der Waals surface area contributed by atoms with Gasteiger partial charge in [0.15, 0.2) is 0 Å². The molecule has 3 rings (SSSR count).